The minimum absolute atomic E-state index is 0.140. The van der Waals surface area contributed by atoms with Crippen LogP contribution >= 0.6 is 11.3 Å². The van der Waals surface area contributed by atoms with Gasteiger partial charge in [0.15, 0.2) is 0 Å². The van der Waals surface area contributed by atoms with Gasteiger partial charge in [-0.05, 0) is 30.0 Å². The van der Waals surface area contributed by atoms with Crippen LogP contribution in [0.5, 0.6) is 0 Å². The third kappa shape index (κ3) is 4.09. The first kappa shape index (κ1) is 20.8. The molecule has 3 aromatic heterocycles. The molecular formula is C20H24N4O4S. The summed E-state index contributed by atoms with van der Waals surface area (Å²) in [5.41, 5.74) is 0.489. The Morgan fingerprint density at radius 3 is 2.59 bits per heavy atom. The Morgan fingerprint density at radius 2 is 1.97 bits per heavy atom. The highest BCUT2D eigenvalue weighted by Crippen LogP contribution is 2.33. The number of aryl methyl sites for hydroxylation is 1. The second-order valence-corrected chi connectivity index (χ2v) is 9.27. The molecule has 0 saturated heterocycles. The van der Waals surface area contributed by atoms with Gasteiger partial charge in [0.05, 0.1) is 10.3 Å². The second-order valence-electron chi connectivity index (χ2n) is 8.15. The molecule has 154 valence electrons. The Kier molecular flexibility index (Phi) is 5.36. The van der Waals surface area contributed by atoms with Crippen molar-refractivity contribution in [3.63, 3.8) is 0 Å². The van der Waals surface area contributed by atoms with Crippen LogP contribution in [0.15, 0.2) is 23.1 Å². The van der Waals surface area contributed by atoms with E-state index in [4.69, 9.17) is 0 Å². The quantitative estimate of drug-likeness (QED) is 0.508. The van der Waals surface area contributed by atoms with Gasteiger partial charge in [-0.15, -0.1) is 11.3 Å². The molecule has 4 N–H and O–H groups in total. The largest absolute Gasteiger partial charge is 0.480 e. The van der Waals surface area contributed by atoms with E-state index in [2.05, 4.69) is 20.3 Å². The number of hydrogen-bond donors (Lipinski definition) is 4. The van der Waals surface area contributed by atoms with Crippen molar-refractivity contribution in [2.75, 3.05) is 0 Å². The molecule has 0 bridgehead atoms. The molecule has 0 saturated carbocycles. The van der Waals surface area contributed by atoms with Crippen molar-refractivity contribution in [1.29, 1.82) is 0 Å². The standard InChI is InChI=1S/C20H24N4O4S/c1-9(11-8-21-16-14(11)18(26)23-10(2)22-16)12-6-7-13(29-12)17(25)24-15(19(27)28)20(3,4)5/h6-9,15H,1-5H3,(H,24,25)(H,27,28)(H2,21,22,23,26). The van der Waals surface area contributed by atoms with Gasteiger partial charge in [-0.1, -0.05) is 27.7 Å². The zero-order chi connectivity index (χ0) is 21.5. The van der Waals surface area contributed by atoms with Gasteiger partial charge in [0.25, 0.3) is 11.5 Å². The van der Waals surface area contributed by atoms with Gasteiger partial charge in [-0.25, -0.2) is 9.78 Å². The molecule has 2 unspecified atom stereocenters. The van der Waals surface area contributed by atoms with Crippen molar-refractivity contribution >= 4 is 34.2 Å². The molecule has 1 amide bonds. The molecular weight excluding hydrogens is 392 g/mol. The normalized spacial score (nSPS) is 14.0. The number of carbonyl (C=O) groups is 2. The molecule has 0 aliphatic carbocycles. The van der Waals surface area contributed by atoms with Crippen LogP contribution in [0.1, 0.15) is 59.5 Å². The minimum Gasteiger partial charge on any atom is -0.480 e. The highest BCUT2D eigenvalue weighted by molar-refractivity contribution is 7.14. The average molecular weight is 417 g/mol. The number of rotatable bonds is 5. The van der Waals surface area contributed by atoms with E-state index in [1.807, 2.05) is 13.0 Å². The van der Waals surface area contributed by atoms with Gasteiger partial charge in [0, 0.05) is 17.0 Å². The smallest absolute Gasteiger partial charge is 0.326 e. The number of H-pyrrole nitrogens is 2. The van der Waals surface area contributed by atoms with E-state index in [0.717, 1.165) is 10.4 Å². The van der Waals surface area contributed by atoms with E-state index in [1.165, 1.54) is 11.3 Å². The minimum atomic E-state index is -1.07. The van der Waals surface area contributed by atoms with Gasteiger partial charge < -0.3 is 20.4 Å². The first-order valence-corrected chi connectivity index (χ1v) is 10.0. The van der Waals surface area contributed by atoms with Crippen molar-refractivity contribution in [1.82, 2.24) is 20.3 Å². The molecule has 3 rings (SSSR count). The number of carboxylic acid groups (broad SMARTS) is 1. The maximum absolute atomic E-state index is 12.6. The lowest BCUT2D eigenvalue weighted by Crippen LogP contribution is -2.48. The molecule has 3 aromatic rings. The molecule has 0 aliphatic rings. The van der Waals surface area contributed by atoms with E-state index in [9.17, 15) is 19.5 Å². The van der Waals surface area contributed by atoms with Crippen molar-refractivity contribution in [2.24, 2.45) is 5.41 Å². The van der Waals surface area contributed by atoms with Gasteiger partial charge in [0.1, 0.15) is 17.5 Å². The molecule has 2 atom stereocenters. The van der Waals surface area contributed by atoms with Crippen molar-refractivity contribution in [3.05, 3.63) is 49.8 Å². The molecule has 29 heavy (non-hydrogen) atoms. The zero-order valence-electron chi connectivity index (χ0n) is 16.9. The lowest BCUT2D eigenvalue weighted by Gasteiger charge is -2.27. The topological polar surface area (TPSA) is 128 Å². The summed E-state index contributed by atoms with van der Waals surface area (Å²) < 4.78 is 0. The van der Waals surface area contributed by atoms with Crippen LogP contribution in [0.2, 0.25) is 0 Å². The number of thiophene rings is 1. The summed E-state index contributed by atoms with van der Waals surface area (Å²) in [5.74, 6) is -1.11. The van der Waals surface area contributed by atoms with Crippen molar-refractivity contribution in [2.45, 2.75) is 46.6 Å². The third-order valence-corrected chi connectivity index (χ3v) is 6.09. The fourth-order valence-corrected chi connectivity index (χ4v) is 4.21. The first-order valence-electron chi connectivity index (χ1n) is 9.20. The number of fused-ring (bicyclic) bond motifs is 1. The maximum Gasteiger partial charge on any atom is 0.326 e. The summed E-state index contributed by atoms with van der Waals surface area (Å²) in [6.07, 6.45) is 1.76. The molecule has 0 aliphatic heterocycles. The Hall–Kier alpha value is -2.94. The zero-order valence-corrected chi connectivity index (χ0v) is 17.7. The number of carboxylic acids is 1. The van der Waals surface area contributed by atoms with Crippen LogP contribution in [-0.4, -0.2) is 38.0 Å². The molecule has 0 radical (unpaired) electrons. The number of aromatic nitrogens is 3. The number of nitrogens with one attached hydrogen (secondary N) is 3. The second kappa shape index (κ2) is 7.47. The van der Waals surface area contributed by atoms with Gasteiger partial charge in [-0.3, -0.25) is 9.59 Å². The van der Waals surface area contributed by atoms with Gasteiger partial charge >= 0.3 is 5.97 Å². The average Bonchev–Trinajstić information content (AvgIpc) is 3.24. The monoisotopic (exact) mass is 416 g/mol. The highest BCUT2D eigenvalue weighted by Gasteiger charge is 2.33. The summed E-state index contributed by atoms with van der Waals surface area (Å²) in [6.45, 7) is 8.95. The predicted molar refractivity (Wildman–Crippen MR) is 112 cm³/mol. The van der Waals surface area contributed by atoms with Crippen molar-refractivity contribution in [3.8, 4) is 0 Å². The van der Waals surface area contributed by atoms with E-state index >= 15 is 0 Å². The Labute approximate surface area is 171 Å². The number of aliphatic carboxylic acids is 1. The van der Waals surface area contributed by atoms with E-state index in [0.29, 0.717) is 21.7 Å². The van der Waals surface area contributed by atoms with Crippen LogP contribution in [0.25, 0.3) is 11.0 Å². The number of carbonyl (C=O) groups excluding carboxylic acids is 1. The van der Waals surface area contributed by atoms with Crippen LogP contribution in [0.3, 0.4) is 0 Å². The Balaban J connectivity index is 1.87. The van der Waals surface area contributed by atoms with E-state index in [1.54, 1.807) is 40.0 Å². The lowest BCUT2D eigenvalue weighted by molar-refractivity contribution is -0.142. The fourth-order valence-electron chi connectivity index (χ4n) is 3.23. The molecule has 8 nitrogen and oxygen atoms in total. The van der Waals surface area contributed by atoms with Crippen LogP contribution in [0, 0.1) is 12.3 Å². The van der Waals surface area contributed by atoms with Crippen LogP contribution < -0.4 is 10.9 Å². The molecule has 0 aromatic carbocycles. The summed E-state index contributed by atoms with van der Waals surface area (Å²) in [6, 6.07) is 2.50. The number of amides is 1. The Morgan fingerprint density at radius 1 is 1.28 bits per heavy atom. The van der Waals surface area contributed by atoms with E-state index < -0.39 is 23.3 Å². The predicted octanol–water partition coefficient (Wildman–Crippen LogP) is 3.00. The number of hydrogen-bond acceptors (Lipinski definition) is 5. The van der Waals surface area contributed by atoms with Crippen LogP contribution in [0.4, 0.5) is 0 Å². The summed E-state index contributed by atoms with van der Waals surface area (Å²) in [4.78, 5) is 47.9. The molecule has 9 heteroatoms. The number of nitrogens with zero attached hydrogens (tertiary/aromatic N) is 1. The third-order valence-electron chi connectivity index (χ3n) is 4.82. The molecule has 3 heterocycles. The van der Waals surface area contributed by atoms with Crippen molar-refractivity contribution < 1.29 is 14.7 Å². The van der Waals surface area contributed by atoms with E-state index in [-0.39, 0.29) is 11.5 Å². The molecule has 0 fully saturated rings. The summed E-state index contributed by atoms with van der Waals surface area (Å²) >= 11 is 1.28. The maximum atomic E-state index is 12.6. The Bertz CT molecular complexity index is 1140. The van der Waals surface area contributed by atoms with Gasteiger partial charge in [0.2, 0.25) is 0 Å². The first-order chi connectivity index (χ1) is 13.5. The summed E-state index contributed by atoms with van der Waals surface area (Å²) in [7, 11) is 0. The fraction of sp³-hybridized carbons (Fsp3) is 0.400. The highest BCUT2D eigenvalue weighted by atomic mass is 32.1. The summed E-state index contributed by atoms with van der Waals surface area (Å²) in [5, 5.41) is 12.5. The van der Waals surface area contributed by atoms with Gasteiger partial charge in [-0.2, -0.15) is 0 Å². The molecule has 0 spiro atoms. The lowest BCUT2D eigenvalue weighted by atomic mass is 9.87. The number of aromatic amines is 2. The SMILES string of the molecule is Cc1nc2[nH]cc(C(C)c3ccc(C(=O)NC(C(=O)O)C(C)(C)C)s3)c2c(=O)[nH]1. The van der Waals surface area contributed by atoms with Crippen LogP contribution in [-0.2, 0) is 4.79 Å².